The van der Waals surface area contributed by atoms with E-state index < -0.39 is 11.7 Å². The van der Waals surface area contributed by atoms with Gasteiger partial charge in [0.25, 0.3) is 0 Å². The Balaban J connectivity index is 2.19. The molecular formula is C17H18F3N. The summed E-state index contributed by atoms with van der Waals surface area (Å²) in [7, 11) is 0. The van der Waals surface area contributed by atoms with Crippen LogP contribution in [0.5, 0.6) is 0 Å². The number of benzene rings is 2. The molecule has 2 aromatic carbocycles. The summed E-state index contributed by atoms with van der Waals surface area (Å²) >= 11 is 0. The third-order valence-corrected chi connectivity index (χ3v) is 3.58. The second kappa shape index (κ2) is 5.80. The van der Waals surface area contributed by atoms with E-state index in [9.17, 15) is 13.2 Å². The Labute approximate surface area is 122 Å². The third kappa shape index (κ3) is 3.57. The Morgan fingerprint density at radius 2 is 1.43 bits per heavy atom. The molecule has 112 valence electrons. The van der Waals surface area contributed by atoms with Crippen LogP contribution in [0.15, 0.2) is 42.5 Å². The molecule has 0 aromatic heterocycles. The molecule has 4 heteroatoms. The van der Waals surface area contributed by atoms with Crippen LogP contribution in [0.4, 0.5) is 18.9 Å². The van der Waals surface area contributed by atoms with Crippen molar-refractivity contribution in [1.82, 2.24) is 0 Å². The van der Waals surface area contributed by atoms with Gasteiger partial charge in [-0.2, -0.15) is 13.2 Å². The first-order chi connectivity index (χ1) is 9.79. The van der Waals surface area contributed by atoms with Crippen LogP contribution in [-0.2, 0) is 6.18 Å². The molecule has 1 atom stereocenters. The number of rotatable bonds is 3. The summed E-state index contributed by atoms with van der Waals surface area (Å²) in [5.41, 5.74) is 3.48. The molecule has 0 aliphatic rings. The number of para-hydroxylation sites is 1. The molecule has 0 aliphatic heterocycles. The minimum atomic E-state index is -4.29. The van der Waals surface area contributed by atoms with Crippen LogP contribution in [0.25, 0.3) is 0 Å². The Morgan fingerprint density at radius 1 is 0.905 bits per heavy atom. The fourth-order valence-electron chi connectivity index (χ4n) is 2.30. The van der Waals surface area contributed by atoms with Crippen molar-refractivity contribution in [3.8, 4) is 0 Å². The first-order valence-electron chi connectivity index (χ1n) is 6.79. The van der Waals surface area contributed by atoms with Gasteiger partial charge in [0.15, 0.2) is 0 Å². The number of alkyl halides is 3. The molecule has 1 unspecified atom stereocenters. The monoisotopic (exact) mass is 293 g/mol. The lowest BCUT2D eigenvalue weighted by molar-refractivity contribution is -0.137. The predicted molar refractivity (Wildman–Crippen MR) is 79.4 cm³/mol. The third-order valence-electron chi connectivity index (χ3n) is 3.58. The molecule has 2 aromatic rings. The zero-order valence-corrected chi connectivity index (χ0v) is 12.3. The fraction of sp³-hybridized carbons (Fsp3) is 0.294. The van der Waals surface area contributed by atoms with E-state index in [1.165, 1.54) is 12.1 Å². The van der Waals surface area contributed by atoms with Crippen LogP contribution in [0.3, 0.4) is 0 Å². The molecule has 0 radical (unpaired) electrons. The molecule has 1 nitrogen and oxygen atoms in total. The molecule has 0 bridgehead atoms. The number of anilines is 1. The van der Waals surface area contributed by atoms with Crippen molar-refractivity contribution in [2.45, 2.75) is 33.0 Å². The number of aryl methyl sites for hydroxylation is 2. The zero-order chi connectivity index (χ0) is 15.6. The van der Waals surface area contributed by atoms with Gasteiger partial charge in [0.2, 0.25) is 0 Å². The largest absolute Gasteiger partial charge is 0.416 e. The minimum Gasteiger partial charge on any atom is -0.378 e. The summed E-state index contributed by atoms with van der Waals surface area (Å²) < 4.78 is 37.7. The highest BCUT2D eigenvalue weighted by atomic mass is 19.4. The second-order valence-corrected chi connectivity index (χ2v) is 5.25. The molecule has 0 heterocycles. The van der Waals surface area contributed by atoms with Crippen LogP contribution in [0, 0.1) is 13.8 Å². The van der Waals surface area contributed by atoms with Gasteiger partial charge in [-0.05, 0) is 49.6 Å². The molecule has 0 aliphatic carbocycles. The summed E-state index contributed by atoms with van der Waals surface area (Å²) in [5.74, 6) is 0. The van der Waals surface area contributed by atoms with Crippen molar-refractivity contribution in [3.63, 3.8) is 0 Å². The zero-order valence-electron chi connectivity index (χ0n) is 12.3. The Morgan fingerprint density at radius 3 is 1.90 bits per heavy atom. The summed E-state index contributed by atoms with van der Waals surface area (Å²) in [6, 6.07) is 11.2. The molecule has 21 heavy (non-hydrogen) atoms. The lowest BCUT2D eigenvalue weighted by Crippen LogP contribution is -2.10. The van der Waals surface area contributed by atoms with E-state index in [0.717, 1.165) is 34.5 Å². The first kappa shape index (κ1) is 15.4. The molecular weight excluding hydrogens is 275 g/mol. The van der Waals surface area contributed by atoms with Crippen molar-refractivity contribution >= 4 is 5.69 Å². The van der Waals surface area contributed by atoms with Crippen LogP contribution in [0.1, 0.15) is 35.2 Å². The van der Waals surface area contributed by atoms with Crippen LogP contribution in [0.2, 0.25) is 0 Å². The molecule has 0 fully saturated rings. The molecule has 0 amide bonds. The average molecular weight is 293 g/mol. The SMILES string of the molecule is Cc1cccc(C)c1NC(C)c1ccc(C(F)(F)F)cc1. The number of hydrogen-bond acceptors (Lipinski definition) is 1. The van der Waals surface area contributed by atoms with Gasteiger partial charge in [-0.3, -0.25) is 0 Å². The van der Waals surface area contributed by atoms with Gasteiger partial charge in [0.1, 0.15) is 0 Å². The van der Waals surface area contributed by atoms with Crippen molar-refractivity contribution in [3.05, 3.63) is 64.7 Å². The second-order valence-electron chi connectivity index (χ2n) is 5.25. The quantitative estimate of drug-likeness (QED) is 0.788. The highest BCUT2D eigenvalue weighted by molar-refractivity contribution is 5.57. The van der Waals surface area contributed by atoms with Crippen molar-refractivity contribution in [2.75, 3.05) is 5.32 Å². The van der Waals surface area contributed by atoms with Gasteiger partial charge in [-0.25, -0.2) is 0 Å². The summed E-state index contributed by atoms with van der Waals surface area (Å²) in [5, 5.41) is 3.37. The van der Waals surface area contributed by atoms with Crippen molar-refractivity contribution < 1.29 is 13.2 Å². The topological polar surface area (TPSA) is 12.0 Å². The highest BCUT2D eigenvalue weighted by Gasteiger charge is 2.30. The summed E-state index contributed by atoms with van der Waals surface area (Å²) in [6.07, 6.45) is -4.29. The number of halogens is 3. The Kier molecular flexibility index (Phi) is 4.26. The van der Waals surface area contributed by atoms with Gasteiger partial charge in [0, 0.05) is 11.7 Å². The van der Waals surface area contributed by atoms with Crippen LogP contribution >= 0.6 is 0 Å². The Bertz CT molecular complexity index is 595. The van der Waals surface area contributed by atoms with Crippen molar-refractivity contribution in [2.24, 2.45) is 0 Å². The molecule has 0 saturated carbocycles. The standard InChI is InChI=1S/C17H18F3N/c1-11-5-4-6-12(2)16(11)21-13(3)14-7-9-15(10-8-14)17(18,19)20/h4-10,13,21H,1-3H3. The maximum absolute atomic E-state index is 12.6. The number of hydrogen-bond donors (Lipinski definition) is 1. The van der Waals surface area contributed by atoms with Gasteiger partial charge in [-0.15, -0.1) is 0 Å². The lowest BCUT2D eigenvalue weighted by Gasteiger charge is -2.20. The summed E-state index contributed by atoms with van der Waals surface area (Å²) in [4.78, 5) is 0. The van der Waals surface area contributed by atoms with Crippen molar-refractivity contribution in [1.29, 1.82) is 0 Å². The lowest BCUT2D eigenvalue weighted by atomic mass is 10.0. The predicted octanol–water partition coefficient (Wildman–Crippen LogP) is 5.50. The van der Waals surface area contributed by atoms with Gasteiger partial charge < -0.3 is 5.32 Å². The van der Waals surface area contributed by atoms with E-state index in [4.69, 9.17) is 0 Å². The van der Waals surface area contributed by atoms with Crippen LogP contribution in [-0.4, -0.2) is 0 Å². The normalized spacial score (nSPS) is 13.0. The van der Waals surface area contributed by atoms with Gasteiger partial charge >= 0.3 is 6.18 Å². The maximum Gasteiger partial charge on any atom is 0.416 e. The first-order valence-corrected chi connectivity index (χ1v) is 6.79. The van der Waals surface area contributed by atoms with E-state index in [2.05, 4.69) is 5.32 Å². The van der Waals surface area contributed by atoms with E-state index in [0.29, 0.717) is 0 Å². The molecule has 2 rings (SSSR count). The van der Waals surface area contributed by atoms with E-state index in [-0.39, 0.29) is 6.04 Å². The highest BCUT2D eigenvalue weighted by Crippen LogP contribution is 2.31. The summed E-state index contributed by atoms with van der Waals surface area (Å²) in [6.45, 7) is 5.96. The average Bonchev–Trinajstić information content (AvgIpc) is 2.42. The van der Waals surface area contributed by atoms with E-state index in [1.807, 2.05) is 39.0 Å². The fourth-order valence-corrected chi connectivity index (χ4v) is 2.30. The van der Waals surface area contributed by atoms with Gasteiger partial charge in [-0.1, -0.05) is 30.3 Å². The smallest absolute Gasteiger partial charge is 0.378 e. The van der Waals surface area contributed by atoms with E-state index in [1.54, 1.807) is 0 Å². The van der Waals surface area contributed by atoms with E-state index >= 15 is 0 Å². The molecule has 0 spiro atoms. The number of nitrogens with one attached hydrogen (secondary N) is 1. The van der Waals surface area contributed by atoms with Crippen LogP contribution < -0.4 is 5.32 Å². The maximum atomic E-state index is 12.6. The Hall–Kier alpha value is -1.97. The van der Waals surface area contributed by atoms with Gasteiger partial charge in [0.05, 0.1) is 5.56 Å². The molecule has 0 saturated heterocycles. The minimum absolute atomic E-state index is 0.0629. The molecule has 1 N–H and O–H groups in total.